The van der Waals surface area contributed by atoms with Crippen molar-refractivity contribution >= 4 is 58.8 Å². The van der Waals surface area contributed by atoms with Gasteiger partial charge in [0.05, 0.1) is 25.7 Å². The predicted octanol–water partition coefficient (Wildman–Crippen LogP) is -1.09. The first-order chi connectivity index (χ1) is 5.61. The van der Waals surface area contributed by atoms with Crippen molar-refractivity contribution in [3.63, 3.8) is 0 Å². The molecule has 0 unspecified atom stereocenters. The molecule has 1 fully saturated rings. The molecule has 1 saturated heterocycles. The van der Waals surface area contributed by atoms with Crippen LogP contribution in [0.3, 0.4) is 0 Å². The Morgan fingerprint density at radius 3 is 2.08 bits per heavy atom. The molecule has 68 valence electrons. The Labute approximate surface area is 121 Å². The zero-order valence-electron chi connectivity index (χ0n) is 7.27. The van der Waals surface area contributed by atoms with E-state index in [1.807, 2.05) is 0 Å². The molecule has 0 N–H and O–H groups in total. The summed E-state index contributed by atoms with van der Waals surface area (Å²) in [6, 6.07) is 0. The van der Waals surface area contributed by atoms with Crippen LogP contribution in [-0.2, 0) is 52.5 Å². The third kappa shape index (κ3) is 4.84. The van der Waals surface area contributed by atoms with E-state index in [1.54, 1.807) is 0 Å². The van der Waals surface area contributed by atoms with Crippen LogP contribution in [0.15, 0.2) is 0 Å². The average molecular weight is 442 g/mol. The molecule has 0 aliphatic carbocycles. The van der Waals surface area contributed by atoms with E-state index in [0.717, 1.165) is 34.9 Å². The van der Waals surface area contributed by atoms with Crippen molar-refractivity contribution in [3.8, 4) is 0 Å². The van der Waals surface area contributed by atoms with E-state index < -0.39 is 0 Å². The second-order valence-electron chi connectivity index (χ2n) is 2.60. The molecule has 0 amide bonds. The quantitative estimate of drug-likeness (QED) is 0.121. The minimum absolute atomic E-state index is 0. The summed E-state index contributed by atoms with van der Waals surface area (Å²) in [6.45, 7) is 3.84. The maximum atomic E-state index is 4.22. The molecule has 0 aromatic rings. The summed E-state index contributed by atoms with van der Waals surface area (Å²) in [5, 5.41) is 0. The SMILES string of the molecule is SC(S)=[N+]1CCN(C(=[SH+])[SH2+])CC1.[Hg+2]. The minimum Gasteiger partial charge on any atom is -0.216 e. The van der Waals surface area contributed by atoms with Gasteiger partial charge in [0, 0.05) is 0 Å². The Morgan fingerprint density at radius 1 is 1.31 bits per heavy atom. The van der Waals surface area contributed by atoms with Crippen LogP contribution in [0.25, 0.3) is 0 Å². The van der Waals surface area contributed by atoms with Crippen LogP contribution < -0.4 is 0 Å². The summed E-state index contributed by atoms with van der Waals surface area (Å²) in [5.74, 6) is 0. The molecule has 0 bridgehead atoms. The van der Waals surface area contributed by atoms with Crippen molar-refractivity contribution in [1.82, 2.24) is 4.90 Å². The Balaban J connectivity index is 0.00000144. The largest absolute Gasteiger partial charge is 2.00 e. The zero-order valence-corrected chi connectivity index (χ0v) is 16.5. The molecule has 0 spiro atoms. The molecule has 1 rings (SSSR count). The fourth-order valence-electron chi connectivity index (χ4n) is 1.12. The van der Waals surface area contributed by atoms with Gasteiger partial charge in [0.2, 0.25) is 12.2 Å². The van der Waals surface area contributed by atoms with Crippen LogP contribution >= 0.6 is 25.3 Å². The first-order valence-electron chi connectivity index (χ1n) is 3.63. The van der Waals surface area contributed by atoms with Crippen molar-refractivity contribution < 1.29 is 32.2 Å². The monoisotopic (exact) mass is 443 g/mol. The number of nitrogens with zero attached hydrogens (tertiary/aromatic N) is 2. The number of piperazine rings is 1. The first-order valence-corrected chi connectivity index (χ1v) is 5.47. The van der Waals surface area contributed by atoms with Gasteiger partial charge in [0.15, 0.2) is 13.1 Å². The van der Waals surface area contributed by atoms with E-state index in [-0.39, 0.29) is 27.7 Å². The van der Waals surface area contributed by atoms with Gasteiger partial charge in [0.1, 0.15) is 0 Å². The Morgan fingerprint density at radius 2 is 1.77 bits per heavy atom. The van der Waals surface area contributed by atoms with Crippen LogP contribution in [0.2, 0.25) is 0 Å². The average Bonchev–Trinajstić information content (AvgIpc) is 2.04. The first kappa shape index (κ1) is 14.7. The molecule has 1 heterocycles. The van der Waals surface area contributed by atoms with E-state index in [9.17, 15) is 0 Å². The van der Waals surface area contributed by atoms with Gasteiger partial charge >= 0.3 is 32.0 Å². The Kier molecular flexibility index (Phi) is 7.98. The molecule has 0 atom stereocenters. The summed E-state index contributed by atoms with van der Waals surface area (Å²) < 4.78 is 3.82. The van der Waals surface area contributed by atoms with Gasteiger partial charge in [0.25, 0.3) is 4.38 Å². The Hall–Kier alpha value is 1.71. The van der Waals surface area contributed by atoms with Gasteiger partial charge in [-0.3, -0.25) is 0 Å². The minimum atomic E-state index is 0. The normalized spacial score (nSPS) is 17.9. The van der Waals surface area contributed by atoms with Gasteiger partial charge in [-0.05, 0) is 0 Å². The smallest absolute Gasteiger partial charge is 0.216 e. The summed E-state index contributed by atoms with van der Waals surface area (Å²) >= 11 is 15.9. The molecule has 13 heavy (non-hydrogen) atoms. The molecule has 1 aliphatic rings. The predicted molar refractivity (Wildman–Crippen MR) is 68.5 cm³/mol. The molecular formula is C6H13HgN2S4+5. The van der Waals surface area contributed by atoms with E-state index in [1.165, 1.54) is 0 Å². The molecule has 0 radical (unpaired) electrons. The van der Waals surface area contributed by atoms with Crippen LogP contribution in [0.1, 0.15) is 0 Å². The number of hydrogen-bond donors (Lipinski definition) is 2. The molecule has 7 heteroatoms. The van der Waals surface area contributed by atoms with Gasteiger partial charge < -0.3 is 0 Å². The van der Waals surface area contributed by atoms with Crippen LogP contribution in [0.4, 0.5) is 0 Å². The van der Waals surface area contributed by atoms with Crippen molar-refractivity contribution in [2.75, 3.05) is 26.2 Å². The molecule has 1 aliphatic heterocycles. The third-order valence-corrected chi connectivity index (χ3v) is 3.03. The van der Waals surface area contributed by atoms with Gasteiger partial charge in [-0.25, -0.2) is 4.58 Å². The van der Waals surface area contributed by atoms with E-state index >= 15 is 0 Å². The molecule has 2 nitrogen and oxygen atoms in total. The summed E-state index contributed by atoms with van der Waals surface area (Å²) in [7, 11) is 0. The Bertz CT molecular complexity index is 217. The van der Waals surface area contributed by atoms with Crippen LogP contribution in [0, 0.1) is 0 Å². The maximum Gasteiger partial charge on any atom is 2.00 e. The zero-order chi connectivity index (χ0) is 9.14. The second-order valence-corrected chi connectivity index (χ2v) is 5.12. The van der Waals surface area contributed by atoms with Gasteiger partial charge in [-0.1, -0.05) is 25.3 Å². The third-order valence-electron chi connectivity index (χ3n) is 1.86. The summed E-state index contributed by atoms with van der Waals surface area (Å²) in [4.78, 5) is 2.17. The molecule has 0 aromatic carbocycles. The maximum absolute atomic E-state index is 4.22. The van der Waals surface area contributed by atoms with Gasteiger partial charge in [-0.2, -0.15) is 4.90 Å². The number of hydrogen-bond acceptors (Lipinski definition) is 0. The van der Waals surface area contributed by atoms with E-state index in [0.29, 0.717) is 0 Å². The summed E-state index contributed by atoms with van der Waals surface area (Å²) in [5.41, 5.74) is 0. The van der Waals surface area contributed by atoms with Gasteiger partial charge in [-0.15, -0.1) is 0 Å². The van der Waals surface area contributed by atoms with Crippen molar-refractivity contribution in [3.05, 3.63) is 0 Å². The fraction of sp³-hybridized carbons (Fsp3) is 0.667. The number of rotatable bonds is 0. The van der Waals surface area contributed by atoms with Crippen LogP contribution in [-0.4, -0.2) is 44.4 Å². The standard InChI is InChI=1S/C6H10N2S4.Hg/c9-5(10)7-1-2-8(4-3-7)6(11)12;/h1-4H2,(H2,9,10,11,12);/q;+2/p+3. The summed E-state index contributed by atoms with van der Waals surface area (Å²) in [6.07, 6.45) is 0. The fourth-order valence-corrected chi connectivity index (χ4v) is 1.94. The molecule has 0 saturated carbocycles. The van der Waals surface area contributed by atoms with E-state index in [2.05, 4.69) is 59.6 Å². The topological polar surface area (TPSA) is 6.25 Å². The molecular weight excluding hydrogens is 429 g/mol. The van der Waals surface area contributed by atoms with Crippen molar-refractivity contribution in [1.29, 1.82) is 0 Å². The van der Waals surface area contributed by atoms with Crippen molar-refractivity contribution in [2.24, 2.45) is 0 Å². The number of thiol groups is 3. The van der Waals surface area contributed by atoms with Crippen molar-refractivity contribution in [2.45, 2.75) is 0 Å². The van der Waals surface area contributed by atoms with E-state index in [4.69, 9.17) is 0 Å². The molecule has 0 aromatic heterocycles. The van der Waals surface area contributed by atoms with Crippen LogP contribution in [0.5, 0.6) is 0 Å². The second kappa shape index (κ2) is 7.06.